The topological polar surface area (TPSA) is 76.1 Å². The molecule has 2 aliphatic heterocycles. The molecule has 2 heterocycles. The first-order valence-corrected chi connectivity index (χ1v) is 6.70. The van der Waals surface area contributed by atoms with Crippen molar-refractivity contribution in [1.82, 2.24) is 4.90 Å². The van der Waals surface area contributed by atoms with Gasteiger partial charge in [0.05, 0.1) is 31.3 Å². The molecule has 0 bridgehead atoms. The molecule has 2 saturated heterocycles. The smallest absolute Gasteiger partial charge is 0.328 e. The van der Waals surface area contributed by atoms with E-state index >= 15 is 0 Å². The molecular formula is C13H21NO5. The summed E-state index contributed by atoms with van der Waals surface area (Å²) in [6, 6.07) is -0.878. The molecule has 6 nitrogen and oxygen atoms in total. The highest BCUT2D eigenvalue weighted by Crippen LogP contribution is 2.34. The minimum atomic E-state index is -1.01. The van der Waals surface area contributed by atoms with Crippen molar-refractivity contribution in [3.63, 3.8) is 0 Å². The summed E-state index contributed by atoms with van der Waals surface area (Å²) in [6.45, 7) is 6.59. The van der Waals surface area contributed by atoms with Crippen molar-refractivity contribution in [2.75, 3.05) is 19.8 Å². The number of hydrogen-bond donors (Lipinski definition) is 1. The van der Waals surface area contributed by atoms with Crippen LogP contribution in [0.1, 0.15) is 20.8 Å². The van der Waals surface area contributed by atoms with E-state index in [2.05, 4.69) is 0 Å². The molecule has 2 rings (SSSR count). The summed E-state index contributed by atoms with van der Waals surface area (Å²) in [5.41, 5.74) is 0. The first-order valence-electron chi connectivity index (χ1n) is 6.70. The summed E-state index contributed by atoms with van der Waals surface area (Å²) in [6.07, 6.45) is -0.150. The molecule has 6 heteroatoms. The zero-order valence-electron chi connectivity index (χ0n) is 11.5. The molecule has 0 radical (unpaired) electrons. The van der Waals surface area contributed by atoms with E-state index in [0.717, 1.165) is 0 Å². The predicted octanol–water partition coefficient (Wildman–Crippen LogP) is 0.358. The van der Waals surface area contributed by atoms with Gasteiger partial charge in [-0.25, -0.2) is 4.79 Å². The Morgan fingerprint density at radius 3 is 2.42 bits per heavy atom. The Hall–Kier alpha value is -1.14. The zero-order chi connectivity index (χ0) is 14.2. The van der Waals surface area contributed by atoms with Crippen LogP contribution in [0.5, 0.6) is 0 Å². The quantitative estimate of drug-likeness (QED) is 0.784. The number of amides is 1. The second-order valence-electron chi connectivity index (χ2n) is 5.39. The first kappa shape index (κ1) is 14.3. The van der Waals surface area contributed by atoms with Crippen LogP contribution < -0.4 is 0 Å². The van der Waals surface area contributed by atoms with Gasteiger partial charge in [0.15, 0.2) is 6.04 Å². The second-order valence-corrected chi connectivity index (χ2v) is 5.39. The van der Waals surface area contributed by atoms with Crippen molar-refractivity contribution >= 4 is 11.9 Å². The molecule has 0 spiro atoms. The van der Waals surface area contributed by atoms with Gasteiger partial charge in [-0.05, 0) is 19.8 Å². The molecular weight excluding hydrogens is 250 g/mol. The van der Waals surface area contributed by atoms with E-state index < -0.39 is 12.0 Å². The number of nitrogens with zero attached hydrogens (tertiary/aromatic N) is 1. The number of carbonyl (C=O) groups excluding carboxylic acids is 1. The monoisotopic (exact) mass is 271 g/mol. The minimum absolute atomic E-state index is 0.0215. The maximum atomic E-state index is 12.6. The molecule has 0 aliphatic carbocycles. The lowest BCUT2D eigenvalue weighted by molar-refractivity contribution is -0.161. The van der Waals surface area contributed by atoms with E-state index in [-0.39, 0.29) is 36.6 Å². The fourth-order valence-corrected chi connectivity index (χ4v) is 2.96. The number of hydrogen-bond acceptors (Lipinski definition) is 4. The Morgan fingerprint density at radius 1 is 1.21 bits per heavy atom. The van der Waals surface area contributed by atoms with Crippen molar-refractivity contribution in [1.29, 1.82) is 0 Å². The number of carboxylic acids is 1. The summed E-state index contributed by atoms with van der Waals surface area (Å²) in [7, 11) is 0. The van der Waals surface area contributed by atoms with Crippen molar-refractivity contribution in [2.24, 2.45) is 11.8 Å². The van der Waals surface area contributed by atoms with Gasteiger partial charge in [-0.1, -0.05) is 6.92 Å². The lowest BCUT2D eigenvalue weighted by Gasteiger charge is -2.35. The maximum absolute atomic E-state index is 12.6. The predicted molar refractivity (Wildman–Crippen MR) is 66.6 cm³/mol. The van der Waals surface area contributed by atoms with Gasteiger partial charge in [0.25, 0.3) is 0 Å². The maximum Gasteiger partial charge on any atom is 0.328 e. The van der Waals surface area contributed by atoms with E-state index in [9.17, 15) is 14.7 Å². The summed E-state index contributed by atoms with van der Waals surface area (Å²) in [5, 5.41) is 9.18. The molecule has 5 atom stereocenters. The van der Waals surface area contributed by atoms with Gasteiger partial charge < -0.3 is 19.5 Å². The van der Waals surface area contributed by atoms with Crippen LogP contribution in [0.4, 0.5) is 0 Å². The van der Waals surface area contributed by atoms with Crippen molar-refractivity contribution in [3.8, 4) is 0 Å². The fourth-order valence-electron chi connectivity index (χ4n) is 2.96. The Morgan fingerprint density at radius 2 is 1.89 bits per heavy atom. The lowest BCUT2D eigenvalue weighted by Crippen LogP contribution is -2.55. The van der Waals surface area contributed by atoms with E-state index in [1.165, 1.54) is 4.90 Å². The summed E-state index contributed by atoms with van der Waals surface area (Å²) in [5.74, 6) is -1.31. The van der Waals surface area contributed by atoms with Gasteiger partial charge >= 0.3 is 5.97 Å². The van der Waals surface area contributed by atoms with Crippen molar-refractivity contribution < 1.29 is 24.2 Å². The fraction of sp³-hybridized carbons (Fsp3) is 0.846. The van der Waals surface area contributed by atoms with Crippen LogP contribution >= 0.6 is 0 Å². The normalized spacial score (nSPS) is 39.3. The molecule has 5 unspecified atom stereocenters. The third-order valence-corrected chi connectivity index (χ3v) is 4.22. The van der Waals surface area contributed by atoms with Crippen LogP contribution in [0.25, 0.3) is 0 Å². The number of ether oxygens (including phenoxy) is 2. The van der Waals surface area contributed by atoms with Crippen LogP contribution in [0, 0.1) is 11.8 Å². The molecule has 0 aromatic heterocycles. The second kappa shape index (κ2) is 5.46. The highest BCUT2D eigenvalue weighted by molar-refractivity contribution is 5.86. The highest BCUT2D eigenvalue weighted by atomic mass is 16.5. The van der Waals surface area contributed by atoms with E-state index in [1.54, 1.807) is 0 Å². The average molecular weight is 271 g/mol. The van der Waals surface area contributed by atoms with Gasteiger partial charge in [-0.2, -0.15) is 0 Å². The van der Waals surface area contributed by atoms with Crippen LogP contribution in [0.15, 0.2) is 0 Å². The third kappa shape index (κ3) is 2.60. The first-order chi connectivity index (χ1) is 8.93. The Labute approximate surface area is 112 Å². The van der Waals surface area contributed by atoms with Gasteiger partial charge in [0.2, 0.25) is 5.91 Å². The standard InChI is InChI=1S/C13H21NO5/c1-7-8(2)19-9(3)11(7)12(15)14-4-5-18-6-10(14)13(16)17/h7-11H,4-6H2,1-3H3,(H,16,17). The highest BCUT2D eigenvalue weighted by Gasteiger charge is 2.46. The van der Waals surface area contributed by atoms with Crippen LogP contribution in [0.3, 0.4) is 0 Å². The number of carbonyl (C=O) groups is 2. The van der Waals surface area contributed by atoms with Gasteiger partial charge in [0.1, 0.15) is 0 Å². The average Bonchev–Trinajstić information content (AvgIpc) is 2.62. The zero-order valence-corrected chi connectivity index (χ0v) is 11.5. The number of rotatable bonds is 2. The molecule has 1 N–H and O–H groups in total. The number of carboxylic acid groups (broad SMARTS) is 1. The number of morpholine rings is 1. The third-order valence-electron chi connectivity index (χ3n) is 4.22. The SMILES string of the molecule is CC1OC(C)C(C(=O)N2CCOCC2C(=O)O)C1C. The van der Waals surface area contributed by atoms with Gasteiger partial charge in [-0.3, -0.25) is 4.79 Å². The number of aliphatic carboxylic acids is 1. The Kier molecular flexibility index (Phi) is 4.10. The largest absolute Gasteiger partial charge is 0.480 e. The summed E-state index contributed by atoms with van der Waals surface area (Å²) in [4.78, 5) is 25.3. The summed E-state index contributed by atoms with van der Waals surface area (Å²) < 4.78 is 10.8. The van der Waals surface area contributed by atoms with E-state index in [1.807, 2.05) is 20.8 Å². The lowest BCUT2D eigenvalue weighted by atomic mass is 9.88. The summed E-state index contributed by atoms with van der Waals surface area (Å²) >= 11 is 0. The molecule has 19 heavy (non-hydrogen) atoms. The van der Waals surface area contributed by atoms with Crippen LogP contribution in [-0.4, -0.2) is 59.9 Å². The molecule has 0 aromatic rings. The molecule has 1 amide bonds. The van der Waals surface area contributed by atoms with Crippen molar-refractivity contribution in [2.45, 2.75) is 39.0 Å². The van der Waals surface area contributed by atoms with E-state index in [0.29, 0.717) is 13.2 Å². The van der Waals surface area contributed by atoms with E-state index in [4.69, 9.17) is 9.47 Å². The van der Waals surface area contributed by atoms with Crippen LogP contribution in [-0.2, 0) is 19.1 Å². The molecule has 2 fully saturated rings. The van der Waals surface area contributed by atoms with Crippen LogP contribution in [0.2, 0.25) is 0 Å². The molecule has 108 valence electrons. The molecule has 0 aromatic carbocycles. The molecule has 0 saturated carbocycles. The van der Waals surface area contributed by atoms with Gasteiger partial charge in [0, 0.05) is 6.54 Å². The Bertz CT molecular complexity index is 372. The minimum Gasteiger partial charge on any atom is -0.480 e. The van der Waals surface area contributed by atoms with Gasteiger partial charge in [-0.15, -0.1) is 0 Å². The Balaban J connectivity index is 2.15. The van der Waals surface area contributed by atoms with Crippen molar-refractivity contribution in [3.05, 3.63) is 0 Å². The molecule has 2 aliphatic rings.